The van der Waals surface area contributed by atoms with E-state index in [1.165, 1.54) is 5.56 Å². The molecule has 4 heteroatoms. The average Bonchev–Trinajstić information content (AvgIpc) is 2.08. The van der Waals surface area contributed by atoms with Gasteiger partial charge in [-0.05, 0) is 24.8 Å². The summed E-state index contributed by atoms with van der Waals surface area (Å²) in [5.41, 5.74) is 4.61. The van der Waals surface area contributed by atoms with Crippen molar-refractivity contribution < 1.29 is 0 Å². The minimum absolute atomic E-state index is 0.477. The number of nitrogens with zero attached hydrogens (tertiary/aromatic N) is 2. The van der Waals surface area contributed by atoms with Gasteiger partial charge in [0.05, 0.1) is 0 Å². The molecule has 0 fully saturated rings. The quantitative estimate of drug-likeness (QED) is 0.543. The van der Waals surface area contributed by atoms with Crippen LogP contribution in [0.1, 0.15) is 25.1 Å². The average molecular weight is 180 g/mol. The number of rotatable bonds is 3. The second kappa shape index (κ2) is 4.18. The molecule has 0 atom stereocenters. The fourth-order valence-electron chi connectivity index (χ4n) is 1.20. The number of nitrogens with two attached hydrogens (primary N) is 1. The van der Waals surface area contributed by atoms with E-state index in [1.807, 2.05) is 13.1 Å². The molecular weight excluding hydrogens is 164 g/mol. The molecule has 1 aromatic heterocycles. The zero-order valence-corrected chi connectivity index (χ0v) is 8.33. The number of nitrogens with one attached hydrogen (secondary N) is 1. The number of hydrogen-bond donors (Lipinski definition) is 2. The third kappa shape index (κ3) is 2.66. The van der Waals surface area contributed by atoms with Gasteiger partial charge in [0.15, 0.2) is 0 Å². The van der Waals surface area contributed by atoms with Gasteiger partial charge in [0.2, 0.25) is 5.95 Å². The van der Waals surface area contributed by atoms with Gasteiger partial charge in [0, 0.05) is 11.9 Å². The van der Waals surface area contributed by atoms with Crippen LogP contribution >= 0.6 is 0 Å². The van der Waals surface area contributed by atoms with Crippen molar-refractivity contribution in [2.24, 2.45) is 11.8 Å². The smallest absolute Gasteiger partial charge is 0.237 e. The van der Waals surface area contributed by atoms with Crippen molar-refractivity contribution in [2.45, 2.75) is 27.2 Å². The summed E-state index contributed by atoms with van der Waals surface area (Å²) in [6, 6.07) is 0. The van der Waals surface area contributed by atoms with Crippen molar-refractivity contribution in [1.29, 1.82) is 0 Å². The molecule has 4 nitrogen and oxygen atoms in total. The molecule has 0 aliphatic heterocycles. The summed E-state index contributed by atoms with van der Waals surface area (Å²) < 4.78 is 0. The first-order valence-electron chi connectivity index (χ1n) is 4.42. The molecule has 72 valence electrons. The lowest BCUT2D eigenvalue weighted by Gasteiger charge is -2.08. The maximum absolute atomic E-state index is 5.20. The number of aromatic nitrogens is 2. The standard InChI is InChI=1S/C9H16N4/c1-6(2)4-8-5-11-9(13-10)12-7(8)3/h5-6H,4,10H2,1-3H3,(H,11,12,13). The molecule has 3 N–H and O–H groups in total. The second-order valence-corrected chi connectivity index (χ2v) is 3.55. The first-order chi connectivity index (χ1) is 6.13. The van der Waals surface area contributed by atoms with Crippen molar-refractivity contribution in [2.75, 3.05) is 5.43 Å². The Bertz CT molecular complexity index is 283. The third-order valence-corrected chi connectivity index (χ3v) is 1.84. The van der Waals surface area contributed by atoms with Crippen LogP contribution in [0, 0.1) is 12.8 Å². The van der Waals surface area contributed by atoms with Gasteiger partial charge >= 0.3 is 0 Å². The predicted molar refractivity (Wildman–Crippen MR) is 53.1 cm³/mol. The molecule has 0 radical (unpaired) electrons. The highest BCUT2D eigenvalue weighted by molar-refractivity contribution is 5.27. The van der Waals surface area contributed by atoms with Crippen LogP contribution in [-0.4, -0.2) is 9.97 Å². The zero-order valence-electron chi connectivity index (χ0n) is 8.33. The normalized spacial score (nSPS) is 10.5. The van der Waals surface area contributed by atoms with E-state index in [0.717, 1.165) is 12.1 Å². The molecule has 1 aromatic rings. The Morgan fingerprint density at radius 1 is 1.54 bits per heavy atom. The van der Waals surface area contributed by atoms with Gasteiger partial charge in [-0.25, -0.2) is 15.8 Å². The van der Waals surface area contributed by atoms with Gasteiger partial charge in [-0.1, -0.05) is 13.8 Å². The number of aryl methyl sites for hydroxylation is 1. The van der Waals surface area contributed by atoms with Crippen molar-refractivity contribution in [3.8, 4) is 0 Å². The van der Waals surface area contributed by atoms with Gasteiger partial charge in [0.25, 0.3) is 0 Å². The van der Waals surface area contributed by atoms with E-state index in [4.69, 9.17) is 5.84 Å². The van der Waals surface area contributed by atoms with E-state index in [-0.39, 0.29) is 0 Å². The van der Waals surface area contributed by atoms with Crippen LogP contribution in [0.25, 0.3) is 0 Å². The van der Waals surface area contributed by atoms with Gasteiger partial charge in [-0.3, -0.25) is 5.43 Å². The number of hydrogen-bond acceptors (Lipinski definition) is 4. The van der Waals surface area contributed by atoms with Crippen LogP contribution in [0.4, 0.5) is 5.95 Å². The Morgan fingerprint density at radius 3 is 2.69 bits per heavy atom. The van der Waals surface area contributed by atoms with E-state index in [2.05, 4.69) is 29.2 Å². The minimum Gasteiger partial charge on any atom is -0.292 e. The minimum atomic E-state index is 0.477. The van der Waals surface area contributed by atoms with Gasteiger partial charge < -0.3 is 0 Å². The maximum atomic E-state index is 5.20. The number of anilines is 1. The van der Waals surface area contributed by atoms with E-state index in [0.29, 0.717) is 11.9 Å². The highest BCUT2D eigenvalue weighted by atomic mass is 15.3. The maximum Gasteiger partial charge on any atom is 0.237 e. The molecule has 0 saturated heterocycles. The molecule has 0 saturated carbocycles. The highest BCUT2D eigenvalue weighted by Gasteiger charge is 2.04. The monoisotopic (exact) mass is 180 g/mol. The first kappa shape index (κ1) is 9.92. The summed E-state index contributed by atoms with van der Waals surface area (Å²) in [7, 11) is 0. The molecule has 0 aliphatic carbocycles. The molecule has 1 heterocycles. The number of hydrazine groups is 1. The topological polar surface area (TPSA) is 63.8 Å². The first-order valence-corrected chi connectivity index (χ1v) is 4.42. The Balaban J connectivity index is 2.85. The molecule has 0 bridgehead atoms. The van der Waals surface area contributed by atoms with E-state index in [1.54, 1.807) is 0 Å². The number of nitrogen functional groups attached to an aromatic ring is 1. The molecule has 13 heavy (non-hydrogen) atoms. The van der Waals surface area contributed by atoms with Crippen LogP contribution in [0.15, 0.2) is 6.20 Å². The summed E-state index contributed by atoms with van der Waals surface area (Å²) in [5.74, 6) is 6.30. The van der Waals surface area contributed by atoms with Gasteiger partial charge in [-0.2, -0.15) is 0 Å². The largest absolute Gasteiger partial charge is 0.292 e. The van der Waals surface area contributed by atoms with Crippen molar-refractivity contribution in [3.05, 3.63) is 17.5 Å². The Kier molecular flexibility index (Phi) is 3.19. The van der Waals surface area contributed by atoms with Crippen molar-refractivity contribution in [3.63, 3.8) is 0 Å². The lowest BCUT2D eigenvalue weighted by Crippen LogP contribution is -2.12. The molecule has 0 unspecified atom stereocenters. The highest BCUT2D eigenvalue weighted by Crippen LogP contribution is 2.11. The van der Waals surface area contributed by atoms with Crippen LogP contribution in [0.2, 0.25) is 0 Å². The molecule has 0 amide bonds. The van der Waals surface area contributed by atoms with E-state index < -0.39 is 0 Å². The van der Waals surface area contributed by atoms with Crippen molar-refractivity contribution in [1.82, 2.24) is 9.97 Å². The van der Waals surface area contributed by atoms with Gasteiger partial charge in [0.1, 0.15) is 0 Å². The van der Waals surface area contributed by atoms with E-state index in [9.17, 15) is 0 Å². The Hall–Kier alpha value is -1.16. The summed E-state index contributed by atoms with van der Waals surface area (Å²) in [6.07, 6.45) is 2.84. The second-order valence-electron chi connectivity index (χ2n) is 3.55. The Labute approximate surface area is 78.6 Å². The molecular formula is C9H16N4. The Morgan fingerprint density at radius 2 is 2.23 bits per heavy atom. The van der Waals surface area contributed by atoms with Crippen LogP contribution in [0.5, 0.6) is 0 Å². The summed E-state index contributed by atoms with van der Waals surface area (Å²) in [4.78, 5) is 8.26. The lowest BCUT2D eigenvalue weighted by molar-refractivity contribution is 0.640. The summed E-state index contributed by atoms with van der Waals surface area (Å²) in [6.45, 7) is 6.32. The predicted octanol–water partition coefficient (Wildman–Crippen LogP) is 1.27. The van der Waals surface area contributed by atoms with Crippen LogP contribution in [0.3, 0.4) is 0 Å². The van der Waals surface area contributed by atoms with E-state index >= 15 is 0 Å². The molecule has 0 spiro atoms. The molecule has 0 aliphatic rings. The fraction of sp³-hybridized carbons (Fsp3) is 0.556. The van der Waals surface area contributed by atoms with Gasteiger partial charge in [-0.15, -0.1) is 0 Å². The van der Waals surface area contributed by atoms with Crippen molar-refractivity contribution >= 4 is 5.95 Å². The summed E-state index contributed by atoms with van der Waals surface area (Å²) >= 11 is 0. The third-order valence-electron chi connectivity index (χ3n) is 1.84. The van der Waals surface area contributed by atoms with Crippen LogP contribution < -0.4 is 11.3 Å². The SMILES string of the molecule is Cc1nc(NN)ncc1CC(C)C. The molecule has 1 rings (SSSR count). The fourth-order valence-corrected chi connectivity index (χ4v) is 1.20. The lowest BCUT2D eigenvalue weighted by atomic mass is 10.0. The zero-order chi connectivity index (χ0) is 9.84. The molecule has 0 aromatic carbocycles. The summed E-state index contributed by atoms with van der Waals surface area (Å²) in [5, 5.41) is 0. The van der Waals surface area contributed by atoms with Crippen LogP contribution in [-0.2, 0) is 6.42 Å².